The third-order valence-corrected chi connectivity index (χ3v) is 7.32. The van der Waals surface area contributed by atoms with Gasteiger partial charge in [-0.15, -0.1) is 5.10 Å². The van der Waals surface area contributed by atoms with E-state index < -0.39 is 15.9 Å². The minimum Gasteiger partial charge on any atom is -0.497 e. The number of sulfonamides is 1. The van der Waals surface area contributed by atoms with E-state index in [0.29, 0.717) is 30.8 Å². The summed E-state index contributed by atoms with van der Waals surface area (Å²) in [4.78, 5) is 12.9. The van der Waals surface area contributed by atoms with E-state index in [4.69, 9.17) is 9.15 Å². The third kappa shape index (κ3) is 4.36. The van der Waals surface area contributed by atoms with Crippen molar-refractivity contribution in [2.75, 3.05) is 25.5 Å². The van der Waals surface area contributed by atoms with Crippen molar-refractivity contribution in [3.63, 3.8) is 0 Å². The minimum absolute atomic E-state index is 0.0524. The summed E-state index contributed by atoms with van der Waals surface area (Å²) in [5, 5.41) is 14.6. The third-order valence-electron chi connectivity index (χ3n) is 5.44. The van der Waals surface area contributed by atoms with Crippen molar-refractivity contribution >= 4 is 21.9 Å². The van der Waals surface area contributed by atoms with Crippen LogP contribution in [0.1, 0.15) is 18.5 Å². The van der Waals surface area contributed by atoms with E-state index in [-0.39, 0.29) is 29.3 Å². The molecular formula is C20H24N6O5S. The Hall–Kier alpha value is -3.25. The zero-order valence-electron chi connectivity index (χ0n) is 18.0. The number of hydrogen-bond donors (Lipinski definition) is 1. The van der Waals surface area contributed by atoms with E-state index in [2.05, 4.69) is 20.6 Å². The van der Waals surface area contributed by atoms with Gasteiger partial charge >= 0.3 is 6.01 Å². The molecule has 1 atom stereocenters. The number of ether oxygens (including phenoxy) is 1. The number of carbonyl (C=O) groups is 1. The predicted octanol–water partition coefficient (Wildman–Crippen LogP) is 1.83. The van der Waals surface area contributed by atoms with Gasteiger partial charge in [0.15, 0.2) is 0 Å². The van der Waals surface area contributed by atoms with Crippen molar-refractivity contribution in [3.8, 4) is 17.3 Å². The Balaban J connectivity index is 1.43. The van der Waals surface area contributed by atoms with Crippen LogP contribution in [0.5, 0.6) is 5.75 Å². The minimum atomic E-state index is -3.72. The summed E-state index contributed by atoms with van der Waals surface area (Å²) in [5.74, 6) is -0.146. The zero-order valence-corrected chi connectivity index (χ0v) is 18.8. The van der Waals surface area contributed by atoms with E-state index in [1.807, 2.05) is 6.92 Å². The van der Waals surface area contributed by atoms with E-state index in [9.17, 15) is 13.2 Å². The smallest absolute Gasteiger partial charge is 0.322 e. The summed E-state index contributed by atoms with van der Waals surface area (Å²) in [6.45, 7) is 2.31. The standard InChI is InChI=1S/C20H24N6O5S/c1-13-11-17(24-25(13)2)19-22-23-20(31-19)21-18(27)14-5-4-10-26(12-14)32(28,29)16-8-6-15(30-3)7-9-16/h6-9,11,14H,4-5,10,12H2,1-3H3,(H,21,23,27). The van der Waals surface area contributed by atoms with Crippen molar-refractivity contribution in [2.24, 2.45) is 13.0 Å². The van der Waals surface area contributed by atoms with Crippen LogP contribution in [0.2, 0.25) is 0 Å². The van der Waals surface area contributed by atoms with Crippen molar-refractivity contribution in [3.05, 3.63) is 36.0 Å². The van der Waals surface area contributed by atoms with Gasteiger partial charge in [-0.2, -0.15) is 9.40 Å². The van der Waals surface area contributed by atoms with Gasteiger partial charge in [-0.05, 0) is 50.1 Å². The summed E-state index contributed by atoms with van der Waals surface area (Å²) >= 11 is 0. The number of aryl methyl sites for hydroxylation is 2. The summed E-state index contributed by atoms with van der Waals surface area (Å²) in [6.07, 6.45) is 1.12. The van der Waals surface area contributed by atoms with Crippen molar-refractivity contribution in [1.82, 2.24) is 24.3 Å². The van der Waals surface area contributed by atoms with Gasteiger partial charge < -0.3 is 9.15 Å². The molecule has 4 rings (SSSR count). The van der Waals surface area contributed by atoms with Crippen LogP contribution < -0.4 is 10.1 Å². The zero-order chi connectivity index (χ0) is 22.9. The highest BCUT2D eigenvalue weighted by Gasteiger charge is 2.34. The largest absolute Gasteiger partial charge is 0.497 e. The quantitative estimate of drug-likeness (QED) is 0.589. The second-order valence-corrected chi connectivity index (χ2v) is 9.51. The van der Waals surface area contributed by atoms with Gasteiger partial charge in [0.25, 0.3) is 5.89 Å². The number of carbonyl (C=O) groups excluding carboxylic acids is 1. The molecule has 2 aromatic heterocycles. The first kappa shape index (κ1) is 22.0. The molecule has 170 valence electrons. The first-order valence-corrected chi connectivity index (χ1v) is 11.5. The Morgan fingerprint density at radius 1 is 1.25 bits per heavy atom. The number of hydrogen-bond acceptors (Lipinski definition) is 8. The summed E-state index contributed by atoms with van der Waals surface area (Å²) in [7, 11) is -0.411. The maximum absolute atomic E-state index is 13.0. The van der Waals surface area contributed by atoms with Gasteiger partial charge in [0.05, 0.1) is 17.9 Å². The molecule has 1 N–H and O–H groups in total. The molecular weight excluding hydrogens is 436 g/mol. The van der Waals surface area contributed by atoms with Crippen LogP contribution in [0.4, 0.5) is 6.01 Å². The van der Waals surface area contributed by atoms with Crippen molar-refractivity contribution in [2.45, 2.75) is 24.7 Å². The van der Waals surface area contributed by atoms with Crippen LogP contribution in [-0.4, -0.2) is 58.8 Å². The monoisotopic (exact) mass is 460 g/mol. The fourth-order valence-corrected chi connectivity index (χ4v) is 5.05. The normalized spacial score (nSPS) is 17.3. The lowest BCUT2D eigenvalue weighted by Crippen LogP contribution is -2.43. The molecule has 1 fully saturated rings. The first-order chi connectivity index (χ1) is 15.3. The van der Waals surface area contributed by atoms with Crippen LogP contribution >= 0.6 is 0 Å². The lowest BCUT2D eigenvalue weighted by Gasteiger charge is -2.30. The van der Waals surface area contributed by atoms with Crippen LogP contribution in [0.15, 0.2) is 39.6 Å². The Labute approximate surface area is 185 Å². The van der Waals surface area contributed by atoms with Crippen LogP contribution in [0.3, 0.4) is 0 Å². The van der Waals surface area contributed by atoms with Gasteiger partial charge in [0, 0.05) is 25.8 Å². The maximum atomic E-state index is 13.0. The number of rotatable bonds is 6. The predicted molar refractivity (Wildman–Crippen MR) is 114 cm³/mol. The molecule has 32 heavy (non-hydrogen) atoms. The number of anilines is 1. The fourth-order valence-electron chi connectivity index (χ4n) is 3.52. The van der Waals surface area contributed by atoms with Gasteiger partial charge in [0.1, 0.15) is 11.4 Å². The molecule has 3 heterocycles. The van der Waals surface area contributed by atoms with Crippen LogP contribution in [-0.2, 0) is 21.9 Å². The number of nitrogens with one attached hydrogen (secondary N) is 1. The van der Waals surface area contributed by atoms with E-state index >= 15 is 0 Å². The molecule has 0 radical (unpaired) electrons. The summed E-state index contributed by atoms with van der Waals surface area (Å²) in [5.41, 5.74) is 1.43. The van der Waals surface area contributed by atoms with Gasteiger partial charge in [-0.3, -0.25) is 14.8 Å². The average molecular weight is 461 g/mol. The molecule has 0 saturated carbocycles. The maximum Gasteiger partial charge on any atom is 0.322 e. The molecule has 0 aliphatic carbocycles. The lowest BCUT2D eigenvalue weighted by molar-refractivity contribution is -0.121. The average Bonchev–Trinajstić information content (AvgIpc) is 3.40. The Morgan fingerprint density at radius 2 is 2.00 bits per heavy atom. The lowest BCUT2D eigenvalue weighted by atomic mass is 9.99. The van der Waals surface area contributed by atoms with Crippen LogP contribution in [0, 0.1) is 12.8 Å². The molecule has 1 saturated heterocycles. The molecule has 1 aliphatic rings. The van der Waals surface area contributed by atoms with E-state index in [1.54, 1.807) is 29.9 Å². The number of nitrogens with zero attached hydrogens (tertiary/aromatic N) is 5. The number of methoxy groups -OCH3 is 1. The molecule has 1 aliphatic heterocycles. The Morgan fingerprint density at radius 3 is 2.66 bits per heavy atom. The molecule has 0 bridgehead atoms. The summed E-state index contributed by atoms with van der Waals surface area (Å²) < 4.78 is 39.6. The highest BCUT2D eigenvalue weighted by atomic mass is 32.2. The molecule has 12 heteroatoms. The van der Waals surface area contributed by atoms with Crippen molar-refractivity contribution in [1.29, 1.82) is 0 Å². The number of benzene rings is 1. The number of aromatic nitrogens is 4. The van der Waals surface area contributed by atoms with Gasteiger partial charge in [0.2, 0.25) is 15.9 Å². The SMILES string of the molecule is COc1ccc(S(=O)(=O)N2CCCC(C(=O)Nc3nnc(-c4cc(C)n(C)n4)o3)C2)cc1. The fraction of sp³-hybridized carbons (Fsp3) is 0.400. The molecule has 1 amide bonds. The van der Waals surface area contributed by atoms with E-state index in [1.165, 1.54) is 23.5 Å². The number of amides is 1. The molecule has 3 aromatic rings. The number of piperidine rings is 1. The van der Waals surface area contributed by atoms with E-state index in [0.717, 1.165) is 5.69 Å². The van der Waals surface area contributed by atoms with Crippen LogP contribution in [0.25, 0.3) is 11.6 Å². The highest BCUT2D eigenvalue weighted by Crippen LogP contribution is 2.26. The van der Waals surface area contributed by atoms with Crippen molar-refractivity contribution < 1.29 is 22.4 Å². The molecule has 1 unspecified atom stereocenters. The Kier molecular flexibility index (Phi) is 5.98. The molecule has 1 aromatic carbocycles. The Bertz CT molecular complexity index is 1200. The second-order valence-electron chi connectivity index (χ2n) is 7.57. The summed E-state index contributed by atoms with van der Waals surface area (Å²) in [6, 6.07) is 7.92. The molecule has 11 nitrogen and oxygen atoms in total. The first-order valence-electron chi connectivity index (χ1n) is 10.1. The highest BCUT2D eigenvalue weighted by molar-refractivity contribution is 7.89. The van der Waals surface area contributed by atoms with Gasteiger partial charge in [-0.25, -0.2) is 8.42 Å². The topological polar surface area (TPSA) is 132 Å². The molecule has 0 spiro atoms. The van der Waals surface area contributed by atoms with Gasteiger partial charge in [-0.1, -0.05) is 5.10 Å². The second kappa shape index (κ2) is 8.71.